The summed E-state index contributed by atoms with van der Waals surface area (Å²) in [4.78, 5) is 6.89. The number of hydrogen-bond donors (Lipinski definition) is 1. The molecule has 1 saturated carbocycles. The second kappa shape index (κ2) is 5.25. The van der Waals surface area contributed by atoms with E-state index in [1.54, 1.807) is 7.11 Å². The quantitative estimate of drug-likeness (QED) is 0.882. The van der Waals surface area contributed by atoms with E-state index in [1.807, 2.05) is 12.1 Å². The average molecular weight is 263 g/mol. The van der Waals surface area contributed by atoms with Gasteiger partial charge in [0.05, 0.1) is 31.5 Å². The summed E-state index contributed by atoms with van der Waals surface area (Å²) in [7, 11) is 1.60. The monoisotopic (exact) mass is 263 g/mol. The number of anilines is 2. The van der Waals surface area contributed by atoms with Gasteiger partial charge in [-0.3, -0.25) is 0 Å². The Kier molecular flexibility index (Phi) is 3.46. The first kappa shape index (κ1) is 12.5. The van der Waals surface area contributed by atoms with Crippen LogP contribution in [0.3, 0.4) is 0 Å². The van der Waals surface area contributed by atoms with Crippen molar-refractivity contribution in [3.8, 4) is 5.88 Å². The summed E-state index contributed by atoms with van der Waals surface area (Å²) in [6, 6.07) is 4.30. The lowest BCUT2D eigenvalue weighted by Gasteiger charge is -2.44. The molecular weight excluding hydrogens is 242 g/mol. The van der Waals surface area contributed by atoms with Gasteiger partial charge >= 0.3 is 0 Å². The summed E-state index contributed by atoms with van der Waals surface area (Å²) < 4.78 is 11.1. The van der Waals surface area contributed by atoms with Gasteiger partial charge in [-0.15, -0.1) is 0 Å². The van der Waals surface area contributed by atoms with Gasteiger partial charge in [0.25, 0.3) is 0 Å². The first-order valence-corrected chi connectivity index (χ1v) is 6.98. The Labute approximate surface area is 113 Å². The number of morpholine rings is 1. The fourth-order valence-electron chi connectivity index (χ4n) is 3.15. The van der Waals surface area contributed by atoms with E-state index < -0.39 is 0 Å². The minimum Gasteiger partial charge on any atom is -0.479 e. The van der Waals surface area contributed by atoms with Gasteiger partial charge in [-0.25, -0.2) is 0 Å². The van der Waals surface area contributed by atoms with Gasteiger partial charge in [0.1, 0.15) is 5.82 Å². The van der Waals surface area contributed by atoms with E-state index in [2.05, 4.69) is 9.88 Å². The van der Waals surface area contributed by atoms with Gasteiger partial charge in [0.15, 0.2) is 0 Å². The van der Waals surface area contributed by atoms with Crippen LogP contribution < -0.4 is 15.4 Å². The highest BCUT2D eigenvalue weighted by molar-refractivity contribution is 5.55. The minimum absolute atomic E-state index is 0.354. The predicted octanol–water partition coefficient (Wildman–Crippen LogP) is 1.82. The summed E-state index contributed by atoms with van der Waals surface area (Å²) in [5.41, 5.74) is 6.41. The fraction of sp³-hybridized carbons (Fsp3) is 0.643. The number of hydrogen-bond acceptors (Lipinski definition) is 5. The SMILES string of the molecule is COc1nc(N2CCOC3CCCCC32)ccc1N. The zero-order valence-corrected chi connectivity index (χ0v) is 11.3. The fourth-order valence-corrected chi connectivity index (χ4v) is 3.15. The van der Waals surface area contributed by atoms with Crippen molar-refractivity contribution in [2.75, 3.05) is 30.9 Å². The Morgan fingerprint density at radius 2 is 2.21 bits per heavy atom. The van der Waals surface area contributed by atoms with Crippen LogP contribution in [0.1, 0.15) is 25.7 Å². The molecule has 2 heterocycles. The Bertz CT molecular complexity index is 450. The maximum atomic E-state index is 5.89. The van der Waals surface area contributed by atoms with Gasteiger partial charge in [-0.1, -0.05) is 12.8 Å². The zero-order chi connectivity index (χ0) is 13.2. The third-order valence-corrected chi connectivity index (χ3v) is 4.09. The summed E-state index contributed by atoms with van der Waals surface area (Å²) >= 11 is 0. The smallest absolute Gasteiger partial charge is 0.238 e. The highest BCUT2D eigenvalue weighted by Crippen LogP contribution is 2.32. The van der Waals surface area contributed by atoms with Crippen LogP contribution in [0, 0.1) is 0 Å². The van der Waals surface area contributed by atoms with Crippen molar-refractivity contribution in [3.05, 3.63) is 12.1 Å². The topological polar surface area (TPSA) is 60.6 Å². The Morgan fingerprint density at radius 1 is 1.37 bits per heavy atom. The van der Waals surface area contributed by atoms with Crippen LogP contribution in [0.2, 0.25) is 0 Å². The number of nitrogens with two attached hydrogens (primary N) is 1. The number of fused-ring (bicyclic) bond motifs is 1. The maximum absolute atomic E-state index is 5.89. The summed E-state index contributed by atoms with van der Waals surface area (Å²) in [6.45, 7) is 1.66. The minimum atomic E-state index is 0.354. The number of methoxy groups -OCH3 is 1. The van der Waals surface area contributed by atoms with Crippen molar-refractivity contribution < 1.29 is 9.47 Å². The van der Waals surface area contributed by atoms with Crippen molar-refractivity contribution >= 4 is 11.5 Å². The molecule has 19 heavy (non-hydrogen) atoms. The number of rotatable bonds is 2. The van der Waals surface area contributed by atoms with Crippen molar-refractivity contribution in [2.45, 2.75) is 37.8 Å². The molecule has 0 aromatic carbocycles. The molecule has 1 aromatic heterocycles. The molecule has 5 heteroatoms. The maximum Gasteiger partial charge on any atom is 0.238 e. The number of aromatic nitrogens is 1. The largest absolute Gasteiger partial charge is 0.479 e. The van der Waals surface area contributed by atoms with Crippen LogP contribution in [0.15, 0.2) is 12.1 Å². The molecule has 2 unspecified atom stereocenters. The Hall–Kier alpha value is -1.49. The molecule has 2 N–H and O–H groups in total. The molecule has 104 valence electrons. The van der Waals surface area contributed by atoms with Crippen LogP contribution >= 0.6 is 0 Å². The van der Waals surface area contributed by atoms with Crippen molar-refractivity contribution in [3.63, 3.8) is 0 Å². The van der Waals surface area contributed by atoms with Crippen LogP contribution in [0.4, 0.5) is 11.5 Å². The molecule has 1 saturated heterocycles. The normalized spacial score (nSPS) is 26.9. The lowest BCUT2D eigenvalue weighted by molar-refractivity contribution is -0.00901. The highest BCUT2D eigenvalue weighted by Gasteiger charge is 2.34. The van der Waals surface area contributed by atoms with E-state index in [0.29, 0.717) is 23.7 Å². The van der Waals surface area contributed by atoms with Crippen LogP contribution in [-0.2, 0) is 4.74 Å². The molecule has 2 atom stereocenters. The molecule has 0 spiro atoms. The van der Waals surface area contributed by atoms with E-state index in [0.717, 1.165) is 25.4 Å². The molecular formula is C14H21N3O2. The average Bonchev–Trinajstić information content (AvgIpc) is 2.47. The van der Waals surface area contributed by atoms with Crippen molar-refractivity contribution in [2.24, 2.45) is 0 Å². The standard InChI is InChI=1S/C14H21N3O2/c1-18-14-10(15)6-7-13(16-14)17-8-9-19-12-5-3-2-4-11(12)17/h6-7,11-12H,2-5,8-9,15H2,1H3. The zero-order valence-electron chi connectivity index (χ0n) is 11.3. The lowest BCUT2D eigenvalue weighted by Crippen LogP contribution is -2.53. The molecule has 2 aliphatic rings. The third kappa shape index (κ3) is 2.34. The Balaban J connectivity index is 1.87. The highest BCUT2D eigenvalue weighted by atomic mass is 16.5. The van der Waals surface area contributed by atoms with Crippen LogP contribution in [-0.4, -0.2) is 37.4 Å². The first-order chi connectivity index (χ1) is 9.29. The van der Waals surface area contributed by atoms with Gasteiger partial charge in [0, 0.05) is 6.54 Å². The molecule has 3 rings (SSSR count). The van der Waals surface area contributed by atoms with E-state index in [-0.39, 0.29) is 0 Å². The number of ether oxygens (including phenoxy) is 2. The molecule has 1 aromatic rings. The third-order valence-electron chi connectivity index (χ3n) is 4.09. The lowest BCUT2D eigenvalue weighted by atomic mass is 9.90. The summed E-state index contributed by atoms with van der Waals surface area (Å²) in [5.74, 6) is 1.46. The summed E-state index contributed by atoms with van der Waals surface area (Å²) in [5, 5.41) is 0. The van der Waals surface area contributed by atoms with E-state index in [4.69, 9.17) is 15.2 Å². The second-order valence-corrected chi connectivity index (χ2v) is 5.22. The van der Waals surface area contributed by atoms with Crippen LogP contribution in [0.25, 0.3) is 0 Å². The molecule has 5 nitrogen and oxygen atoms in total. The van der Waals surface area contributed by atoms with E-state index in [1.165, 1.54) is 19.3 Å². The predicted molar refractivity (Wildman–Crippen MR) is 74.5 cm³/mol. The summed E-state index contributed by atoms with van der Waals surface area (Å²) in [6.07, 6.45) is 5.24. The number of nitrogens with zero attached hydrogens (tertiary/aromatic N) is 2. The second-order valence-electron chi connectivity index (χ2n) is 5.22. The molecule has 0 amide bonds. The van der Waals surface area contributed by atoms with Gasteiger partial charge in [-0.2, -0.15) is 4.98 Å². The van der Waals surface area contributed by atoms with Gasteiger partial charge < -0.3 is 20.1 Å². The van der Waals surface area contributed by atoms with Crippen LogP contribution in [0.5, 0.6) is 5.88 Å². The molecule has 2 fully saturated rings. The van der Waals surface area contributed by atoms with Gasteiger partial charge in [0.2, 0.25) is 5.88 Å². The van der Waals surface area contributed by atoms with E-state index >= 15 is 0 Å². The number of pyridine rings is 1. The number of nitrogen functional groups attached to an aromatic ring is 1. The Morgan fingerprint density at radius 3 is 3.05 bits per heavy atom. The van der Waals surface area contributed by atoms with E-state index in [9.17, 15) is 0 Å². The van der Waals surface area contributed by atoms with Crippen molar-refractivity contribution in [1.29, 1.82) is 0 Å². The van der Waals surface area contributed by atoms with Crippen molar-refractivity contribution in [1.82, 2.24) is 4.98 Å². The molecule has 1 aliphatic heterocycles. The molecule has 0 bridgehead atoms. The molecule has 0 radical (unpaired) electrons. The van der Waals surface area contributed by atoms with Gasteiger partial charge in [-0.05, 0) is 25.0 Å². The first-order valence-electron chi connectivity index (χ1n) is 6.98. The molecule has 1 aliphatic carbocycles.